The van der Waals surface area contributed by atoms with Crippen LogP contribution in [0, 0.1) is 0 Å². The second-order valence-electron chi connectivity index (χ2n) is 7.83. The summed E-state index contributed by atoms with van der Waals surface area (Å²) in [7, 11) is -1.68. The maximum atomic E-state index is 2.51. The molecule has 26 heavy (non-hydrogen) atoms. The van der Waals surface area contributed by atoms with Crippen LogP contribution in [0.3, 0.4) is 0 Å². The van der Waals surface area contributed by atoms with E-state index in [1.165, 1.54) is 42.1 Å². The average Bonchev–Trinajstić information content (AvgIpc) is 3.13. The van der Waals surface area contributed by atoms with Gasteiger partial charge in [0.2, 0.25) is 0 Å². The lowest BCUT2D eigenvalue weighted by atomic mass is 10.00. The number of hydrogen-bond donors (Lipinski definition) is 0. The molecule has 2 heteroatoms. The molecule has 0 unspecified atom stereocenters. The molecule has 2 heterocycles. The Morgan fingerprint density at radius 3 is 2.38 bits per heavy atom. The summed E-state index contributed by atoms with van der Waals surface area (Å²) >= 11 is 1.91. The first-order valence-electron chi connectivity index (χ1n) is 9.13. The van der Waals surface area contributed by atoms with Crippen molar-refractivity contribution in [2.24, 2.45) is 0 Å². The molecule has 0 bridgehead atoms. The monoisotopic (exact) mass is 366 g/mol. The lowest BCUT2D eigenvalue weighted by Gasteiger charge is -2.20. The molecule has 0 nitrogen and oxygen atoms in total. The van der Waals surface area contributed by atoms with Crippen molar-refractivity contribution in [3.8, 4) is 11.1 Å². The van der Waals surface area contributed by atoms with Gasteiger partial charge in [-0.2, -0.15) is 0 Å². The van der Waals surface area contributed by atoms with Crippen LogP contribution in [0.2, 0.25) is 13.1 Å². The van der Waals surface area contributed by atoms with E-state index in [0.29, 0.717) is 0 Å². The van der Waals surface area contributed by atoms with Gasteiger partial charge in [-0.1, -0.05) is 67.7 Å². The van der Waals surface area contributed by atoms with Crippen molar-refractivity contribution in [3.63, 3.8) is 0 Å². The highest BCUT2D eigenvalue weighted by Crippen LogP contribution is 2.38. The first-order chi connectivity index (χ1) is 12.6. The van der Waals surface area contributed by atoms with E-state index in [1.807, 2.05) is 11.3 Å². The normalized spacial score (nSPS) is 14.8. The van der Waals surface area contributed by atoms with Crippen LogP contribution >= 0.6 is 11.3 Å². The van der Waals surface area contributed by atoms with Gasteiger partial charge in [0.15, 0.2) is 0 Å². The van der Waals surface area contributed by atoms with Crippen molar-refractivity contribution in [1.82, 2.24) is 0 Å². The Morgan fingerprint density at radius 1 is 0.654 bits per heavy atom. The van der Waals surface area contributed by atoms with Crippen LogP contribution in [0.25, 0.3) is 42.1 Å². The molecule has 1 aromatic heterocycles. The van der Waals surface area contributed by atoms with Gasteiger partial charge in [-0.15, -0.1) is 11.3 Å². The summed E-state index contributed by atoms with van der Waals surface area (Å²) in [6.45, 7) is 5.01. The van der Waals surface area contributed by atoms with E-state index in [2.05, 4.69) is 85.9 Å². The molecule has 6 rings (SSSR count). The number of fused-ring (bicyclic) bond motifs is 8. The predicted octanol–water partition coefficient (Wildman–Crippen LogP) is 6.01. The largest absolute Gasteiger partial charge is 0.135 e. The molecule has 124 valence electrons. The van der Waals surface area contributed by atoms with Gasteiger partial charge in [0.05, 0.1) is 0 Å². The molecule has 1 aliphatic heterocycles. The van der Waals surface area contributed by atoms with Gasteiger partial charge in [0.25, 0.3) is 0 Å². The van der Waals surface area contributed by atoms with Crippen molar-refractivity contribution >= 4 is 60.7 Å². The van der Waals surface area contributed by atoms with Crippen LogP contribution in [0.1, 0.15) is 0 Å². The number of rotatable bonds is 0. The highest BCUT2D eigenvalue weighted by molar-refractivity contribution is 7.25. The fourth-order valence-electron chi connectivity index (χ4n) is 4.84. The Bertz CT molecular complexity index is 1360. The van der Waals surface area contributed by atoms with E-state index in [9.17, 15) is 0 Å². The third-order valence-corrected chi connectivity index (χ3v) is 10.7. The Morgan fingerprint density at radius 2 is 1.46 bits per heavy atom. The maximum absolute atomic E-state index is 2.51. The summed E-state index contributed by atoms with van der Waals surface area (Å²) in [5.41, 5.74) is 2.92. The van der Waals surface area contributed by atoms with E-state index in [1.54, 1.807) is 10.4 Å². The van der Waals surface area contributed by atoms with Gasteiger partial charge in [-0.05, 0) is 50.5 Å². The highest BCUT2D eigenvalue weighted by atomic mass is 32.1. The second-order valence-corrected chi connectivity index (χ2v) is 13.2. The zero-order valence-corrected chi connectivity index (χ0v) is 16.7. The molecule has 0 N–H and O–H groups in total. The van der Waals surface area contributed by atoms with Gasteiger partial charge in [0.1, 0.15) is 8.07 Å². The number of thiophene rings is 1. The molecule has 0 saturated heterocycles. The minimum atomic E-state index is -1.68. The SMILES string of the molecule is C[Si]1(C)c2ccccc2-c2ccc3cc4sc5ccccc5c4cc3c21. The minimum absolute atomic E-state index is 1.38. The van der Waals surface area contributed by atoms with Crippen molar-refractivity contribution in [2.45, 2.75) is 13.1 Å². The summed E-state index contributed by atoms with van der Waals surface area (Å²) in [5, 5.41) is 8.85. The molecule has 0 amide bonds. The first kappa shape index (κ1) is 14.7. The molecule has 0 spiro atoms. The van der Waals surface area contributed by atoms with Gasteiger partial charge in [-0.3, -0.25) is 0 Å². The van der Waals surface area contributed by atoms with E-state index >= 15 is 0 Å². The number of benzene rings is 4. The predicted molar refractivity (Wildman–Crippen MR) is 119 cm³/mol. The fraction of sp³-hybridized carbons (Fsp3) is 0.0833. The Balaban J connectivity index is 1.80. The van der Waals surface area contributed by atoms with E-state index < -0.39 is 8.07 Å². The van der Waals surface area contributed by atoms with Gasteiger partial charge < -0.3 is 0 Å². The third kappa shape index (κ3) is 1.73. The minimum Gasteiger partial charge on any atom is -0.135 e. The molecule has 1 aliphatic rings. The lowest BCUT2D eigenvalue weighted by Crippen LogP contribution is -2.49. The van der Waals surface area contributed by atoms with Crippen molar-refractivity contribution < 1.29 is 0 Å². The first-order valence-corrected chi connectivity index (χ1v) is 12.9. The molecular weight excluding hydrogens is 348 g/mol. The maximum Gasteiger partial charge on any atom is 0.114 e. The van der Waals surface area contributed by atoms with Crippen molar-refractivity contribution in [2.75, 3.05) is 0 Å². The molecule has 0 fully saturated rings. The summed E-state index contributed by atoms with van der Waals surface area (Å²) < 4.78 is 2.78. The highest BCUT2D eigenvalue weighted by Gasteiger charge is 2.38. The second kappa shape index (κ2) is 4.85. The van der Waals surface area contributed by atoms with E-state index in [0.717, 1.165) is 0 Å². The third-order valence-electron chi connectivity index (χ3n) is 6.03. The van der Waals surface area contributed by atoms with Crippen LogP contribution in [0.4, 0.5) is 0 Å². The Kier molecular flexibility index (Phi) is 2.74. The van der Waals surface area contributed by atoms with Gasteiger partial charge in [0, 0.05) is 20.2 Å². The van der Waals surface area contributed by atoms with Crippen LogP contribution in [-0.2, 0) is 0 Å². The standard InChI is InChI=1S/C24H18SSi/c1-26(2)23-10-6-4-8-17(23)18-12-11-15-13-22-20(14-19(15)24(18)26)16-7-3-5-9-21(16)25-22/h3-14H,1-2H3. The molecule has 0 radical (unpaired) electrons. The summed E-state index contributed by atoms with van der Waals surface area (Å²) in [4.78, 5) is 0. The molecule has 0 aliphatic carbocycles. The molecule has 0 atom stereocenters. The lowest BCUT2D eigenvalue weighted by molar-refractivity contribution is 1.73. The van der Waals surface area contributed by atoms with Crippen molar-refractivity contribution in [3.05, 3.63) is 72.8 Å². The van der Waals surface area contributed by atoms with Crippen LogP contribution < -0.4 is 10.4 Å². The summed E-state index contributed by atoms with van der Waals surface area (Å²) in [6.07, 6.45) is 0. The van der Waals surface area contributed by atoms with E-state index in [-0.39, 0.29) is 0 Å². The van der Waals surface area contributed by atoms with Crippen LogP contribution in [0.15, 0.2) is 72.8 Å². The van der Waals surface area contributed by atoms with Crippen LogP contribution in [0.5, 0.6) is 0 Å². The average molecular weight is 367 g/mol. The molecule has 4 aromatic carbocycles. The van der Waals surface area contributed by atoms with Gasteiger partial charge >= 0.3 is 0 Å². The Labute approximate surface area is 157 Å². The summed E-state index contributed by atoms with van der Waals surface area (Å²) in [6, 6.07) is 27.4. The zero-order chi connectivity index (χ0) is 17.5. The summed E-state index contributed by atoms with van der Waals surface area (Å²) in [5.74, 6) is 0. The number of hydrogen-bond acceptors (Lipinski definition) is 1. The quantitative estimate of drug-likeness (QED) is 0.294. The fourth-order valence-corrected chi connectivity index (χ4v) is 9.43. The molecule has 5 aromatic rings. The Hall–Kier alpha value is -2.42. The topological polar surface area (TPSA) is 0 Å². The zero-order valence-electron chi connectivity index (χ0n) is 14.8. The van der Waals surface area contributed by atoms with Crippen molar-refractivity contribution in [1.29, 1.82) is 0 Å². The smallest absolute Gasteiger partial charge is 0.114 e. The molecular formula is C24H18SSi. The van der Waals surface area contributed by atoms with E-state index in [4.69, 9.17) is 0 Å². The van der Waals surface area contributed by atoms with Crippen LogP contribution in [-0.4, -0.2) is 8.07 Å². The molecule has 0 saturated carbocycles. The van der Waals surface area contributed by atoms with Gasteiger partial charge in [-0.25, -0.2) is 0 Å².